The van der Waals surface area contributed by atoms with Crippen LogP contribution in [0.15, 0.2) is 18.2 Å². The van der Waals surface area contributed by atoms with Crippen molar-refractivity contribution in [3.8, 4) is 23.3 Å². The van der Waals surface area contributed by atoms with Gasteiger partial charge in [0.1, 0.15) is 11.5 Å². The standard InChI is InChI=1S/C28H48O4Si2/c1-19(2)33(20(3)4,21(5)6)31-26-16-25(14-15-28(29)30-13)17-27(18-26)32-34(22(7)8,23(9)10)24(11)12/h16-24H,1-13H3. The molecule has 0 aliphatic rings. The fraction of sp³-hybridized carbons (Fsp3) is 0.679. The van der Waals surface area contributed by atoms with Gasteiger partial charge in [-0.3, -0.25) is 0 Å². The van der Waals surface area contributed by atoms with Gasteiger partial charge < -0.3 is 13.6 Å². The maximum absolute atomic E-state index is 11.7. The molecule has 0 bridgehead atoms. The van der Waals surface area contributed by atoms with Crippen LogP contribution in [0.2, 0.25) is 33.2 Å². The third kappa shape index (κ3) is 6.48. The molecule has 1 aromatic carbocycles. The number of esters is 1. The van der Waals surface area contributed by atoms with Crippen LogP contribution in [0, 0.1) is 11.8 Å². The molecule has 0 heterocycles. The lowest BCUT2D eigenvalue weighted by Crippen LogP contribution is -2.51. The van der Waals surface area contributed by atoms with Gasteiger partial charge in [-0.25, -0.2) is 4.79 Å². The molecule has 0 aliphatic heterocycles. The van der Waals surface area contributed by atoms with E-state index in [0.29, 0.717) is 38.8 Å². The minimum absolute atomic E-state index is 0.442. The summed E-state index contributed by atoms with van der Waals surface area (Å²) in [5.74, 6) is 6.55. The van der Waals surface area contributed by atoms with Crippen molar-refractivity contribution in [1.82, 2.24) is 0 Å². The number of ether oxygens (including phenoxy) is 1. The fourth-order valence-electron chi connectivity index (χ4n) is 6.05. The Labute approximate surface area is 211 Å². The predicted molar refractivity (Wildman–Crippen MR) is 149 cm³/mol. The fourth-order valence-corrected chi connectivity index (χ4v) is 16.5. The summed E-state index contributed by atoms with van der Waals surface area (Å²) in [6, 6.07) is 5.94. The zero-order valence-corrected chi connectivity index (χ0v) is 25.8. The number of benzene rings is 1. The van der Waals surface area contributed by atoms with Crippen LogP contribution in [0.25, 0.3) is 0 Å². The Morgan fingerprint density at radius 1 is 0.647 bits per heavy atom. The van der Waals surface area contributed by atoms with Gasteiger partial charge in [-0.15, -0.1) is 0 Å². The maximum Gasteiger partial charge on any atom is 0.384 e. The molecule has 0 aliphatic carbocycles. The third-order valence-corrected chi connectivity index (χ3v) is 19.4. The summed E-state index contributed by atoms with van der Waals surface area (Å²) >= 11 is 0. The summed E-state index contributed by atoms with van der Waals surface area (Å²) in [6.45, 7) is 27.3. The van der Waals surface area contributed by atoms with Crippen molar-refractivity contribution in [1.29, 1.82) is 0 Å². The van der Waals surface area contributed by atoms with E-state index in [0.717, 1.165) is 11.5 Å². The lowest BCUT2D eigenvalue weighted by atomic mass is 10.2. The van der Waals surface area contributed by atoms with E-state index in [1.54, 1.807) is 0 Å². The van der Waals surface area contributed by atoms with E-state index in [-0.39, 0.29) is 0 Å². The second-order valence-corrected chi connectivity index (χ2v) is 22.0. The van der Waals surface area contributed by atoms with Crippen LogP contribution in [-0.4, -0.2) is 29.7 Å². The van der Waals surface area contributed by atoms with Crippen molar-refractivity contribution in [2.24, 2.45) is 0 Å². The Bertz CT molecular complexity index is 780. The summed E-state index contributed by atoms with van der Waals surface area (Å²) in [5.41, 5.74) is 3.36. The van der Waals surface area contributed by atoms with Crippen LogP contribution < -0.4 is 8.85 Å². The van der Waals surface area contributed by atoms with Crippen molar-refractivity contribution in [3.63, 3.8) is 0 Å². The summed E-state index contributed by atoms with van der Waals surface area (Å²) in [7, 11) is -3.01. The average molecular weight is 505 g/mol. The Balaban J connectivity index is 3.73. The summed E-state index contributed by atoms with van der Waals surface area (Å²) in [4.78, 5) is 11.7. The molecule has 0 fully saturated rings. The second kappa shape index (κ2) is 12.3. The van der Waals surface area contributed by atoms with Crippen LogP contribution in [-0.2, 0) is 9.53 Å². The van der Waals surface area contributed by atoms with Gasteiger partial charge in [-0.05, 0) is 45.4 Å². The smallest absolute Gasteiger partial charge is 0.384 e. The molecule has 6 heteroatoms. The van der Waals surface area contributed by atoms with Gasteiger partial charge in [0.25, 0.3) is 16.6 Å². The molecule has 0 saturated carbocycles. The van der Waals surface area contributed by atoms with E-state index < -0.39 is 22.6 Å². The third-order valence-electron chi connectivity index (χ3n) is 7.38. The molecule has 0 saturated heterocycles. The number of hydrogen-bond acceptors (Lipinski definition) is 4. The zero-order chi connectivity index (χ0) is 26.4. The molecule has 0 aromatic heterocycles. The van der Waals surface area contributed by atoms with Gasteiger partial charge in [-0.2, -0.15) is 0 Å². The quantitative estimate of drug-likeness (QED) is 0.182. The van der Waals surface area contributed by atoms with Gasteiger partial charge in [0, 0.05) is 17.6 Å². The first-order chi connectivity index (χ1) is 15.6. The van der Waals surface area contributed by atoms with E-state index in [1.807, 2.05) is 18.2 Å². The highest BCUT2D eigenvalue weighted by molar-refractivity contribution is 6.78. The molecule has 0 atom stereocenters. The van der Waals surface area contributed by atoms with Gasteiger partial charge >= 0.3 is 5.97 Å². The lowest BCUT2D eigenvalue weighted by Gasteiger charge is -2.43. The highest BCUT2D eigenvalue weighted by Crippen LogP contribution is 2.45. The molecule has 1 rings (SSSR count). The molecule has 0 unspecified atom stereocenters. The van der Waals surface area contributed by atoms with Crippen LogP contribution in [0.1, 0.15) is 88.6 Å². The van der Waals surface area contributed by atoms with Crippen LogP contribution >= 0.6 is 0 Å². The minimum atomic E-state index is -2.17. The number of carbonyl (C=O) groups is 1. The molecule has 4 nitrogen and oxygen atoms in total. The predicted octanol–water partition coefficient (Wildman–Crippen LogP) is 8.32. The molecular formula is C28H48O4Si2. The van der Waals surface area contributed by atoms with Crippen LogP contribution in [0.3, 0.4) is 0 Å². The number of methoxy groups -OCH3 is 1. The molecule has 0 radical (unpaired) electrons. The first-order valence-electron chi connectivity index (χ1n) is 12.8. The molecule has 0 amide bonds. The highest BCUT2D eigenvalue weighted by Gasteiger charge is 2.48. The Kier molecular flexibility index (Phi) is 11.0. The van der Waals surface area contributed by atoms with E-state index in [4.69, 9.17) is 13.6 Å². The second-order valence-electron chi connectivity index (χ2n) is 11.3. The number of hydrogen-bond donors (Lipinski definition) is 0. The zero-order valence-electron chi connectivity index (χ0n) is 23.8. The van der Waals surface area contributed by atoms with Gasteiger partial charge in [0.2, 0.25) is 0 Å². The van der Waals surface area contributed by atoms with E-state index in [1.165, 1.54) is 7.11 Å². The molecule has 0 N–H and O–H groups in total. The SMILES string of the molecule is COC(=O)C#Cc1cc(O[Si](C(C)C)(C(C)C)C(C)C)cc(O[Si](C(C)C)(C(C)C)C(C)C)c1. The lowest BCUT2D eigenvalue weighted by molar-refractivity contribution is -0.133. The topological polar surface area (TPSA) is 44.8 Å². The van der Waals surface area contributed by atoms with Crippen molar-refractivity contribution in [2.75, 3.05) is 7.11 Å². The van der Waals surface area contributed by atoms with Gasteiger partial charge in [0.05, 0.1) is 7.11 Å². The Morgan fingerprint density at radius 3 is 1.24 bits per heavy atom. The minimum Gasteiger partial charge on any atom is -0.543 e. The normalized spacial score (nSPS) is 12.6. The number of rotatable bonds is 10. The molecule has 1 aromatic rings. The summed E-state index contributed by atoms with van der Waals surface area (Å²) in [5, 5.41) is 0. The van der Waals surface area contributed by atoms with Crippen molar-refractivity contribution >= 4 is 22.6 Å². The molecule has 192 valence electrons. The first-order valence-corrected chi connectivity index (χ1v) is 17.1. The first kappa shape index (κ1) is 30.3. The van der Waals surface area contributed by atoms with Crippen molar-refractivity contribution in [2.45, 2.75) is 116 Å². The van der Waals surface area contributed by atoms with E-state index in [2.05, 4.69) is 94.9 Å². The van der Waals surface area contributed by atoms with Crippen molar-refractivity contribution < 1.29 is 18.4 Å². The summed E-state index contributed by atoms with van der Waals surface area (Å²) in [6.07, 6.45) is 0. The average Bonchev–Trinajstić information content (AvgIpc) is 2.72. The maximum atomic E-state index is 11.7. The van der Waals surface area contributed by atoms with E-state index >= 15 is 0 Å². The molecule has 34 heavy (non-hydrogen) atoms. The van der Waals surface area contributed by atoms with Gasteiger partial charge in [-0.1, -0.05) is 89.0 Å². The monoisotopic (exact) mass is 504 g/mol. The molecular weight excluding hydrogens is 456 g/mol. The largest absolute Gasteiger partial charge is 0.543 e. The van der Waals surface area contributed by atoms with Crippen LogP contribution in [0.5, 0.6) is 11.5 Å². The van der Waals surface area contributed by atoms with Crippen molar-refractivity contribution in [3.05, 3.63) is 23.8 Å². The Hall–Kier alpha value is -1.72. The Morgan fingerprint density at radius 2 is 0.971 bits per heavy atom. The molecule has 0 spiro atoms. The number of carbonyl (C=O) groups excluding carboxylic acids is 1. The summed E-state index contributed by atoms with van der Waals surface area (Å²) < 4.78 is 18.7. The van der Waals surface area contributed by atoms with Gasteiger partial charge in [0.15, 0.2) is 0 Å². The van der Waals surface area contributed by atoms with Crippen LogP contribution in [0.4, 0.5) is 0 Å². The highest BCUT2D eigenvalue weighted by atomic mass is 28.4. The van der Waals surface area contributed by atoms with E-state index in [9.17, 15) is 4.79 Å².